The molecule has 0 saturated heterocycles. The molecule has 2 rings (SSSR count). The van der Waals surface area contributed by atoms with Gasteiger partial charge in [0, 0.05) is 6.07 Å². The number of hydrogen-bond acceptors (Lipinski definition) is 2. The lowest BCUT2D eigenvalue weighted by Crippen LogP contribution is -2.24. The Hall–Kier alpha value is -1.58. The molecule has 0 spiro atoms. The quantitative estimate of drug-likeness (QED) is 0.766. The smallest absolute Gasteiger partial charge is 0.290 e. The summed E-state index contributed by atoms with van der Waals surface area (Å²) in [5.74, 6) is 0.423. The van der Waals surface area contributed by atoms with Gasteiger partial charge in [0.25, 0.3) is 6.47 Å². The Bertz CT molecular complexity index is 310. The van der Waals surface area contributed by atoms with Crippen LogP contribution in [0, 0.1) is 5.82 Å². The third kappa shape index (κ3) is 3.97. The predicted octanol–water partition coefficient (Wildman–Crippen LogP) is 2.46. The van der Waals surface area contributed by atoms with E-state index in [1.54, 1.807) is 12.1 Å². The van der Waals surface area contributed by atoms with Crippen LogP contribution in [-0.4, -0.2) is 17.7 Å². The second-order valence-electron chi connectivity index (χ2n) is 3.23. The van der Waals surface area contributed by atoms with Gasteiger partial charge in [0.05, 0.1) is 6.10 Å². The summed E-state index contributed by atoms with van der Waals surface area (Å²) in [6.07, 6.45) is 3.78. The van der Waals surface area contributed by atoms with Crippen molar-refractivity contribution in [1.29, 1.82) is 0 Å². The number of carbonyl (C=O) groups is 1. The number of benzene rings is 1. The van der Waals surface area contributed by atoms with E-state index < -0.39 is 0 Å². The van der Waals surface area contributed by atoms with Crippen LogP contribution in [0.4, 0.5) is 4.39 Å². The molecule has 15 heavy (non-hydrogen) atoms. The lowest BCUT2D eigenvalue weighted by atomic mass is 9.96. The van der Waals surface area contributed by atoms with Crippen LogP contribution in [0.1, 0.15) is 19.3 Å². The molecular weight excluding hydrogens is 199 g/mol. The molecule has 0 bridgehead atoms. The van der Waals surface area contributed by atoms with Crippen molar-refractivity contribution in [3.63, 3.8) is 0 Å². The van der Waals surface area contributed by atoms with Crippen molar-refractivity contribution in [2.75, 3.05) is 0 Å². The van der Waals surface area contributed by atoms with E-state index in [0.717, 1.165) is 12.8 Å². The molecule has 0 atom stereocenters. The zero-order chi connectivity index (χ0) is 11.1. The summed E-state index contributed by atoms with van der Waals surface area (Å²) >= 11 is 0. The largest absolute Gasteiger partial charge is 0.490 e. The lowest BCUT2D eigenvalue weighted by Gasteiger charge is -2.26. The summed E-state index contributed by atoms with van der Waals surface area (Å²) < 4.78 is 18.2. The Balaban J connectivity index is 0.000000337. The molecule has 1 N–H and O–H groups in total. The fraction of sp³-hybridized carbons (Fsp3) is 0.364. The Morgan fingerprint density at radius 2 is 2.13 bits per heavy atom. The van der Waals surface area contributed by atoms with Gasteiger partial charge in [-0.25, -0.2) is 4.39 Å². The van der Waals surface area contributed by atoms with E-state index in [2.05, 4.69) is 0 Å². The zero-order valence-corrected chi connectivity index (χ0v) is 8.23. The molecule has 1 saturated carbocycles. The van der Waals surface area contributed by atoms with Crippen LogP contribution in [0.5, 0.6) is 5.75 Å². The third-order valence-electron chi connectivity index (χ3n) is 2.15. The molecular formula is C11H13FO3. The van der Waals surface area contributed by atoms with E-state index in [0.29, 0.717) is 11.9 Å². The van der Waals surface area contributed by atoms with Gasteiger partial charge in [-0.15, -0.1) is 0 Å². The van der Waals surface area contributed by atoms with Crippen LogP contribution in [0.3, 0.4) is 0 Å². The van der Waals surface area contributed by atoms with Crippen molar-refractivity contribution >= 4 is 6.47 Å². The highest BCUT2D eigenvalue weighted by Crippen LogP contribution is 2.25. The van der Waals surface area contributed by atoms with E-state index in [1.807, 2.05) is 0 Å². The van der Waals surface area contributed by atoms with E-state index in [4.69, 9.17) is 14.6 Å². The van der Waals surface area contributed by atoms with Gasteiger partial charge in [-0.05, 0) is 31.4 Å². The van der Waals surface area contributed by atoms with Crippen molar-refractivity contribution in [1.82, 2.24) is 0 Å². The first-order valence-electron chi connectivity index (χ1n) is 4.76. The summed E-state index contributed by atoms with van der Waals surface area (Å²) in [6.45, 7) is -0.250. The first-order chi connectivity index (χ1) is 7.26. The van der Waals surface area contributed by atoms with E-state index in [9.17, 15) is 4.39 Å². The number of hydrogen-bond donors (Lipinski definition) is 1. The van der Waals surface area contributed by atoms with E-state index in [1.165, 1.54) is 18.6 Å². The molecule has 0 aromatic heterocycles. The molecule has 1 aromatic carbocycles. The molecule has 0 aliphatic heterocycles. The Labute approximate surface area is 87.5 Å². The standard InChI is InChI=1S/C10H11FO.CH2O2/c11-8-3-1-6-10(7-8)12-9-4-2-5-9;2-1-3/h1,3,6-7,9H,2,4-5H2;1H,(H,2,3). The Morgan fingerprint density at radius 1 is 1.47 bits per heavy atom. The van der Waals surface area contributed by atoms with Gasteiger partial charge in [-0.1, -0.05) is 6.07 Å². The molecule has 3 nitrogen and oxygen atoms in total. The van der Waals surface area contributed by atoms with E-state index in [-0.39, 0.29) is 12.3 Å². The summed E-state index contributed by atoms with van der Waals surface area (Å²) in [4.78, 5) is 8.36. The minimum absolute atomic E-state index is 0.230. The number of halogens is 1. The van der Waals surface area contributed by atoms with Crippen molar-refractivity contribution in [2.45, 2.75) is 25.4 Å². The molecule has 82 valence electrons. The number of ether oxygens (including phenoxy) is 1. The average molecular weight is 212 g/mol. The molecule has 1 aliphatic rings. The summed E-state index contributed by atoms with van der Waals surface area (Å²) in [7, 11) is 0. The van der Waals surface area contributed by atoms with Gasteiger partial charge in [0.15, 0.2) is 0 Å². The van der Waals surface area contributed by atoms with Gasteiger partial charge in [0.1, 0.15) is 11.6 Å². The van der Waals surface area contributed by atoms with Crippen LogP contribution in [0.15, 0.2) is 24.3 Å². The SMILES string of the molecule is Fc1cccc(OC2CCC2)c1.O=CO. The fourth-order valence-electron chi connectivity index (χ4n) is 1.22. The maximum absolute atomic E-state index is 12.7. The summed E-state index contributed by atoms with van der Waals surface area (Å²) in [5.41, 5.74) is 0. The Morgan fingerprint density at radius 3 is 2.60 bits per heavy atom. The van der Waals surface area contributed by atoms with Crippen LogP contribution < -0.4 is 4.74 Å². The first-order valence-corrected chi connectivity index (χ1v) is 4.76. The topological polar surface area (TPSA) is 46.5 Å². The molecule has 1 fully saturated rings. The maximum Gasteiger partial charge on any atom is 0.290 e. The predicted molar refractivity (Wildman–Crippen MR) is 53.4 cm³/mol. The highest BCUT2D eigenvalue weighted by molar-refractivity contribution is 5.32. The van der Waals surface area contributed by atoms with Gasteiger partial charge < -0.3 is 9.84 Å². The second kappa shape index (κ2) is 6.01. The maximum atomic E-state index is 12.7. The second-order valence-corrected chi connectivity index (χ2v) is 3.23. The summed E-state index contributed by atoms with van der Waals surface area (Å²) in [5, 5.41) is 6.89. The monoisotopic (exact) mass is 212 g/mol. The molecule has 0 unspecified atom stereocenters. The lowest BCUT2D eigenvalue weighted by molar-refractivity contribution is -0.122. The average Bonchev–Trinajstić information content (AvgIpc) is 2.13. The molecule has 0 radical (unpaired) electrons. The van der Waals surface area contributed by atoms with Gasteiger partial charge in [0.2, 0.25) is 0 Å². The van der Waals surface area contributed by atoms with Gasteiger partial charge >= 0.3 is 0 Å². The molecule has 0 amide bonds. The third-order valence-corrected chi connectivity index (χ3v) is 2.15. The molecule has 4 heteroatoms. The van der Waals surface area contributed by atoms with Gasteiger partial charge in [-0.2, -0.15) is 0 Å². The van der Waals surface area contributed by atoms with Crippen LogP contribution in [0.2, 0.25) is 0 Å². The molecule has 0 heterocycles. The van der Waals surface area contributed by atoms with Crippen molar-refractivity contribution in [2.24, 2.45) is 0 Å². The van der Waals surface area contributed by atoms with E-state index >= 15 is 0 Å². The van der Waals surface area contributed by atoms with Crippen molar-refractivity contribution < 1.29 is 19.0 Å². The number of rotatable bonds is 2. The normalized spacial score (nSPS) is 14.5. The van der Waals surface area contributed by atoms with Gasteiger partial charge in [-0.3, -0.25) is 4.79 Å². The first kappa shape index (κ1) is 11.5. The minimum Gasteiger partial charge on any atom is -0.490 e. The van der Waals surface area contributed by atoms with Crippen molar-refractivity contribution in [3.8, 4) is 5.75 Å². The molecule has 1 aliphatic carbocycles. The summed E-state index contributed by atoms with van der Waals surface area (Å²) in [6, 6.07) is 6.32. The van der Waals surface area contributed by atoms with Crippen molar-refractivity contribution in [3.05, 3.63) is 30.1 Å². The Kier molecular flexibility index (Phi) is 4.60. The van der Waals surface area contributed by atoms with Crippen LogP contribution in [0.25, 0.3) is 0 Å². The zero-order valence-electron chi connectivity index (χ0n) is 8.23. The number of carboxylic acid groups (broad SMARTS) is 1. The van der Waals surface area contributed by atoms with Crippen LogP contribution in [-0.2, 0) is 4.79 Å². The molecule has 1 aromatic rings. The highest BCUT2D eigenvalue weighted by atomic mass is 19.1. The van der Waals surface area contributed by atoms with Crippen LogP contribution >= 0.6 is 0 Å². The highest BCUT2D eigenvalue weighted by Gasteiger charge is 2.18. The fourth-order valence-corrected chi connectivity index (χ4v) is 1.22. The minimum atomic E-state index is -0.250.